The summed E-state index contributed by atoms with van der Waals surface area (Å²) in [6.45, 7) is 8.28. The number of aromatic nitrogens is 3. The number of pyridine rings is 1. The van der Waals surface area contributed by atoms with E-state index in [-0.39, 0.29) is 35.9 Å². The van der Waals surface area contributed by atoms with Gasteiger partial charge in [-0.25, -0.2) is 4.98 Å². The van der Waals surface area contributed by atoms with Gasteiger partial charge in [0.15, 0.2) is 0 Å². The van der Waals surface area contributed by atoms with Crippen LogP contribution in [0.4, 0.5) is 5.95 Å². The van der Waals surface area contributed by atoms with E-state index in [1.807, 2.05) is 42.0 Å². The molecule has 10 heteroatoms. The summed E-state index contributed by atoms with van der Waals surface area (Å²) in [7, 11) is 1.86. The van der Waals surface area contributed by atoms with Crippen LogP contribution in [0.25, 0.3) is 11.0 Å². The maximum absolute atomic E-state index is 13.4. The molecule has 2 aromatic heterocycles. The SMILES string of the molecule is C=CC(=O)N1CCCC[C@@H](n2c(NC(=O)c3ccnc(C)c3)nc3cccc(OC4CCC(N(C)C(C)=O)CC4)c32)C1. The zero-order valence-corrected chi connectivity index (χ0v) is 24.7. The van der Waals surface area contributed by atoms with E-state index in [1.54, 1.807) is 25.3 Å². The van der Waals surface area contributed by atoms with Crippen molar-refractivity contribution in [1.29, 1.82) is 0 Å². The summed E-state index contributed by atoms with van der Waals surface area (Å²) >= 11 is 0. The number of fused-ring (bicyclic) bond motifs is 1. The van der Waals surface area contributed by atoms with Gasteiger partial charge in [0.2, 0.25) is 17.8 Å². The van der Waals surface area contributed by atoms with Crippen molar-refractivity contribution in [3.63, 3.8) is 0 Å². The predicted octanol–water partition coefficient (Wildman–Crippen LogP) is 4.90. The number of para-hydroxylation sites is 1. The predicted molar refractivity (Wildman–Crippen MR) is 161 cm³/mol. The highest BCUT2D eigenvalue weighted by atomic mass is 16.5. The minimum Gasteiger partial charge on any atom is -0.488 e. The van der Waals surface area contributed by atoms with E-state index in [2.05, 4.69) is 21.4 Å². The van der Waals surface area contributed by atoms with Crippen molar-refractivity contribution in [3.05, 3.63) is 60.4 Å². The van der Waals surface area contributed by atoms with E-state index in [0.29, 0.717) is 35.9 Å². The van der Waals surface area contributed by atoms with Crippen LogP contribution in [-0.2, 0) is 9.59 Å². The molecule has 10 nitrogen and oxygen atoms in total. The quantitative estimate of drug-likeness (QED) is 0.404. The topological polar surface area (TPSA) is 110 Å². The van der Waals surface area contributed by atoms with Crippen LogP contribution >= 0.6 is 0 Å². The molecule has 1 atom stereocenters. The second-order valence-electron chi connectivity index (χ2n) is 11.4. The van der Waals surface area contributed by atoms with Crippen molar-refractivity contribution < 1.29 is 19.1 Å². The van der Waals surface area contributed by atoms with Crippen LogP contribution < -0.4 is 10.1 Å². The number of ether oxygens (including phenoxy) is 1. The first-order valence-corrected chi connectivity index (χ1v) is 14.8. The van der Waals surface area contributed by atoms with E-state index >= 15 is 0 Å². The Bertz CT molecular complexity index is 1470. The van der Waals surface area contributed by atoms with Gasteiger partial charge in [0, 0.05) is 50.6 Å². The largest absolute Gasteiger partial charge is 0.488 e. The summed E-state index contributed by atoms with van der Waals surface area (Å²) in [4.78, 5) is 50.6. The molecule has 3 heterocycles. The standard InChI is InChI=1S/C32H40N6O4/c1-5-29(40)37-18-7-6-9-25(20-37)38-30-27(34-32(38)35-31(41)23-16-17-33-21(2)19-23)10-8-11-28(30)42-26-14-12-24(13-15-26)36(4)22(3)39/h5,8,10-11,16-17,19,24-26H,1,6-7,9,12-15,18,20H2,2-4H3,(H,34,35,41)/t24?,25-,26?/m1/s1. The summed E-state index contributed by atoms with van der Waals surface area (Å²) in [6, 6.07) is 9.32. The van der Waals surface area contributed by atoms with Gasteiger partial charge in [0.05, 0.1) is 17.7 Å². The highest BCUT2D eigenvalue weighted by Gasteiger charge is 2.30. The van der Waals surface area contributed by atoms with Gasteiger partial charge in [-0.15, -0.1) is 0 Å². The molecule has 1 aromatic carbocycles. The van der Waals surface area contributed by atoms with Gasteiger partial charge in [0.1, 0.15) is 11.3 Å². The molecule has 2 fully saturated rings. The Hall–Kier alpha value is -4.21. The monoisotopic (exact) mass is 572 g/mol. The normalized spacial score (nSPS) is 20.9. The number of hydrogen-bond acceptors (Lipinski definition) is 6. The maximum Gasteiger partial charge on any atom is 0.258 e. The average molecular weight is 573 g/mol. The maximum atomic E-state index is 13.4. The van der Waals surface area contributed by atoms with E-state index in [9.17, 15) is 14.4 Å². The molecule has 1 saturated heterocycles. The molecule has 0 radical (unpaired) electrons. The van der Waals surface area contributed by atoms with Crippen molar-refractivity contribution in [2.24, 2.45) is 0 Å². The molecule has 0 unspecified atom stereocenters. The molecular formula is C32H40N6O4. The average Bonchev–Trinajstić information content (AvgIpc) is 3.17. The number of nitrogens with zero attached hydrogens (tertiary/aromatic N) is 5. The number of imidazole rings is 1. The first-order valence-electron chi connectivity index (χ1n) is 14.8. The highest BCUT2D eigenvalue weighted by molar-refractivity contribution is 6.04. The molecule has 3 aromatic rings. The van der Waals surface area contributed by atoms with Crippen LogP contribution in [0.5, 0.6) is 5.75 Å². The number of rotatable bonds is 7. The van der Waals surface area contributed by atoms with Gasteiger partial charge in [-0.05, 0) is 82.2 Å². The molecule has 5 rings (SSSR count). The Morgan fingerprint density at radius 3 is 2.62 bits per heavy atom. The minimum absolute atomic E-state index is 0.00127. The van der Waals surface area contributed by atoms with Crippen LogP contribution in [-0.4, -0.2) is 74.3 Å². The molecule has 1 aliphatic heterocycles. The number of aryl methyl sites for hydroxylation is 1. The molecule has 0 spiro atoms. The van der Waals surface area contributed by atoms with Gasteiger partial charge in [-0.3, -0.25) is 24.7 Å². The van der Waals surface area contributed by atoms with Crippen LogP contribution in [0.3, 0.4) is 0 Å². The van der Waals surface area contributed by atoms with Gasteiger partial charge in [-0.2, -0.15) is 0 Å². The zero-order chi connectivity index (χ0) is 29.8. The number of carbonyl (C=O) groups is 3. The fraction of sp³-hybridized carbons (Fsp3) is 0.469. The molecule has 1 N–H and O–H groups in total. The number of hydrogen-bond donors (Lipinski definition) is 1. The number of likely N-dealkylation sites (tertiary alicyclic amines) is 1. The van der Waals surface area contributed by atoms with Gasteiger partial charge in [-0.1, -0.05) is 12.6 Å². The molecule has 1 saturated carbocycles. The summed E-state index contributed by atoms with van der Waals surface area (Å²) < 4.78 is 8.71. The van der Waals surface area contributed by atoms with Crippen LogP contribution in [0.15, 0.2) is 49.2 Å². The van der Waals surface area contributed by atoms with Crippen molar-refractivity contribution in [3.8, 4) is 5.75 Å². The Morgan fingerprint density at radius 2 is 1.90 bits per heavy atom. The first-order chi connectivity index (χ1) is 20.2. The number of benzene rings is 1. The zero-order valence-electron chi connectivity index (χ0n) is 24.7. The smallest absolute Gasteiger partial charge is 0.258 e. The van der Waals surface area contributed by atoms with Gasteiger partial charge < -0.3 is 19.1 Å². The van der Waals surface area contributed by atoms with Crippen LogP contribution in [0, 0.1) is 6.92 Å². The Labute approximate surface area is 246 Å². The third kappa shape index (κ3) is 6.32. The molecule has 1 aliphatic carbocycles. The Kier molecular flexibility index (Phi) is 8.89. The van der Waals surface area contributed by atoms with Crippen molar-refractivity contribution >= 4 is 34.7 Å². The lowest BCUT2D eigenvalue weighted by Gasteiger charge is -2.34. The Morgan fingerprint density at radius 1 is 1.12 bits per heavy atom. The summed E-state index contributed by atoms with van der Waals surface area (Å²) in [5.74, 6) is 0.824. The second kappa shape index (κ2) is 12.8. The molecule has 42 heavy (non-hydrogen) atoms. The lowest BCUT2D eigenvalue weighted by molar-refractivity contribution is -0.130. The lowest BCUT2D eigenvalue weighted by Crippen LogP contribution is -2.40. The fourth-order valence-electron chi connectivity index (χ4n) is 6.16. The van der Waals surface area contributed by atoms with E-state index in [0.717, 1.165) is 56.2 Å². The summed E-state index contributed by atoms with van der Waals surface area (Å²) in [5.41, 5.74) is 2.76. The number of amides is 3. The third-order valence-corrected chi connectivity index (χ3v) is 8.54. The molecule has 0 bridgehead atoms. The Balaban J connectivity index is 1.50. The van der Waals surface area contributed by atoms with Crippen LogP contribution in [0.2, 0.25) is 0 Å². The van der Waals surface area contributed by atoms with Crippen molar-refractivity contribution in [1.82, 2.24) is 24.3 Å². The van der Waals surface area contributed by atoms with Crippen LogP contribution in [0.1, 0.15) is 74.0 Å². The lowest BCUT2D eigenvalue weighted by atomic mass is 9.92. The summed E-state index contributed by atoms with van der Waals surface area (Å²) in [5, 5.41) is 3.05. The van der Waals surface area contributed by atoms with Crippen molar-refractivity contribution in [2.45, 2.75) is 77.0 Å². The molecule has 2 aliphatic rings. The number of anilines is 1. The third-order valence-electron chi connectivity index (χ3n) is 8.54. The number of nitrogens with one attached hydrogen (secondary N) is 1. The molecule has 3 amide bonds. The molecular weight excluding hydrogens is 532 g/mol. The fourth-order valence-corrected chi connectivity index (χ4v) is 6.16. The van der Waals surface area contributed by atoms with Crippen molar-refractivity contribution in [2.75, 3.05) is 25.5 Å². The molecule has 222 valence electrons. The number of carbonyl (C=O) groups excluding carboxylic acids is 3. The van der Waals surface area contributed by atoms with E-state index in [1.165, 1.54) is 6.08 Å². The van der Waals surface area contributed by atoms with Gasteiger partial charge >= 0.3 is 0 Å². The van der Waals surface area contributed by atoms with Gasteiger partial charge in [0.25, 0.3) is 5.91 Å². The minimum atomic E-state index is -0.278. The second-order valence-corrected chi connectivity index (χ2v) is 11.4. The van der Waals surface area contributed by atoms with E-state index in [4.69, 9.17) is 9.72 Å². The van der Waals surface area contributed by atoms with E-state index < -0.39 is 0 Å². The highest BCUT2D eigenvalue weighted by Crippen LogP contribution is 2.37. The summed E-state index contributed by atoms with van der Waals surface area (Å²) in [6.07, 6.45) is 9.05. The first kappa shape index (κ1) is 29.3.